The van der Waals surface area contributed by atoms with E-state index in [4.69, 9.17) is 15.9 Å². The summed E-state index contributed by atoms with van der Waals surface area (Å²) in [7, 11) is 0. The van der Waals surface area contributed by atoms with Crippen LogP contribution in [0.3, 0.4) is 0 Å². The first-order chi connectivity index (χ1) is 14.3. The molecule has 0 atom stereocenters. The van der Waals surface area contributed by atoms with Crippen molar-refractivity contribution in [1.82, 2.24) is 14.9 Å². The Labute approximate surface area is 171 Å². The number of fused-ring (bicyclic) bond motifs is 1. The highest BCUT2D eigenvalue weighted by Crippen LogP contribution is 2.22. The average molecular weight is 412 g/mol. The summed E-state index contributed by atoms with van der Waals surface area (Å²) in [5, 5.41) is 15.6. The summed E-state index contributed by atoms with van der Waals surface area (Å²) in [4.78, 5) is 53.0. The molecule has 0 unspecified atom stereocenters. The van der Waals surface area contributed by atoms with Gasteiger partial charge in [-0.1, -0.05) is 12.1 Å². The van der Waals surface area contributed by atoms with Crippen molar-refractivity contribution in [1.29, 1.82) is 0 Å². The van der Waals surface area contributed by atoms with Gasteiger partial charge >= 0.3 is 11.9 Å². The third-order valence-corrected chi connectivity index (χ3v) is 4.01. The van der Waals surface area contributed by atoms with Crippen molar-refractivity contribution in [2.24, 2.45) is 0 Å². The van der Waals surface area contributed by atoms with Gasteiger partial charge in [0, 0.05) is 31.3 Å². The SMILES string of the molecule is Nc1ccnc(CCCCN2C(=O)c3ccccc3C2=O)n1.O=C(O)C=CC(=O)O. The molecule has 0 aliphatic carbocycles. The molecule has 0 saturated heterocycles. The fourth-order valence-electron chi connectivity index (χ4n) is 2.67. The molecule has 30 heavy (non-hydrogen) atoms. The van der Waals surface area contributed by atoms with Crippen molar-refractivity contribution < 1.29 is 29.4 Å². The molecule has 0 spiro atoms. The van der Waals surface area contributed by atoms with E-state index in [0.717, 1.165) is 6.42 Å². The van der Waals surface area contributed by atoms with Crippen LogP contribution in [0.5, 0.6) is 0 Å². The Balaban J connectivity index is 0.000000343. The molecule has 2 amide bonds. The number of nitrogens with zero attached hydrogens (tertiary/aromatic N) is 3. The summed E-state index contributed by atoms with van der Waals surface area (Å²) in [5.41, 5.74) is 6.58. The lowest BCUT2D eigenvalue weighted by Crippen LogP contribution is -2.30. The van der Waals surface area contributed by atoms with E-state index in [-0.39, 0.29) is 11.8 Å². The number of hydrogen-bond acceptors (Lipinski definition) is 7. The topological polar surface area (TPSA) is 164 Å². The summed E-state index contributed by atoms with van der Waals surface area (Å²) in [6, 6.07) is 8.56. The number of benzene rings is 1. The largest absolute Gasteiger partial charge is 0.478 e. The number of nitrogens with two attached hydrogens (primary N) is 1. The van der Waals surface area contributed by atoms with E-state index < -0.39 is 11.9 Å². The maximum absolute atomic E-state index is 12.2. The van der Waals surface area contributed by atoms with Crippen LogP contribution in [0.15, 0.2) is 48.7 Å². The van der Waals surface area contributed by atoms with Crippen LogP contribution in [0.2, 0.25) is 0 Å². The van der Waals surface area contributed by atoms with Crippen LogP contribution in [0.25, 0.3) is 0 Å². The molecule has 1 aromatic carbocycles. The summed E-state index contributed by atoms with van der Waals surface area (Å²) in [6.07, 6.45) is 4.92. The number of carboxylic acid groups (broad SMARTS) is 2. The van der Waals surface area contributed by atoms with E-state index in [1.807, 2.05) is 0 Å². The molecule has 4 N–H and O–H groups in total. The number of aliphatic carboxylic acids is 2. The second kappa shape index (κ2) is 10.5. The summed E-state index contributed by atoms with van der Waals surface area (Å²) in [5.74, 6) is -1.80. The zero-order chi connectivity index (χ0) is 22.1. The number of hydrogen-bond donors (Lipinski definition) is 3. The molecule has 1 aliphatic rings. The molecule has 3 rings (SSSR count). The van der Waals surface area contributed by atoms with Gasteiger partial charge in [0.1, 0.15) is 11.6 Å². The highest BCUT2D eigenvalue weighted by atomic mass is 16.4. The molecule has 1 aromatic heterocycles. The van der Waals surface area contributed by atoms with Gasteiger partial charge < -0.3 is 15.9 Å². The van der Waals surface area contributed by atoms with E-state index in [0.29, 0.717) is 54.3 Å². The molecular weight excluding hydrogens is 392 g/mol. The predicted molar refractivity (Wildman–Crippen MR) is 106 cm³/mol. The first-order valence-electron chi connectivity index (χ1n) is 8.96. The molecule has 0 saturated carbocycles. The number of amides is 2. The number of unbranched alkanes of at least 4 members (excludes halogenated alkanes) is 1. The fourth-order valence-corrected chi connectivity index (χ4v) is 2.67. The standard InChI is InChI=1S/C16H16N4O2.C4H4O4/c17-13-8-9-18-14(19-13)7-3-4-10-20-15(21)11-5-1-2-6-12(11)16(20)22;5-3(6)1-2-4(7)8/h1-2,5-6,8-9H,3-4,7,10H2,(H2,17,18,19);1-2H,(H,5,6)(H,7,8). The second-order valence-corrected chi connectivity index (χ2v) is 6.17. The number of aryl methyl sites for hydroxylation is 1. The van der Waals surface area contributed by atoms with Crippen LogP contribution in [0, 0.1) is 0 Å². The Kier molecular flexibility index (Phi) is 7.74. The molecule has 156 valence electrons. The normalized spacial score (nSPS) is 12.5. The lowest BCUT2D eigenvalue weighted by Gasteiger charge is -2.13. The van der Waals surface area contributed by atoms with Gasteiger partial charge in [0.2, 0.25) is 0 Å². The number of imide groups is 1. The molecule has 0 fully saturated rings. The zero-order valence-electron chi connectivity index (χ0n) is 15.9. The fraction of sp³-hybridized carbons (Fsp3) is 0.200. The molecule has 10 heteroatoms. The van der Waals surface area contributed by atoms with Gasteiger partial charge in [-0.2, -0.15) is 0 Å². The van der Waals surface area contributed by atoms with Crippen molar-refractivity contribution in [2.45, 2.75) is 19.3 Å². The highest BCUT2D eigenvalue weighted by molar-refractivity contribution is 6.21. The summed E-state index contributed by atoms with van der Waals surface area (Å²) < 4.78 is 0. The first kappa shape index (κ1) is 22.2. The molecular formula is C20H20N4O6. The van der Waals surface area contributed by atoms with Gasteiger partial charge in [0.05, 0.1) is 11.1 Å². The number of carbonyl (C=O) groups excluding carboxylic acids is 2. The van der Waals surface area contributed by atoms with Crippen molar-refractivity contribution in [2.75, 3.05) is 12.3 Å². The number of aromatic nitrogens is 2. The Morgan fingerprint density at radius 2 is 1.53 bits per heavy atom. The third kappa shape index (κ3) is 6.23. The van der Waals surface area contributed by atoms with Gasteiger partial charge in [-0.25, -0.2) is 19.6 Å². The number of anilines is 1. The number of carboxylic acids is 2. The van der Waals surface area contributed by atoms with Gasteiger partial charge in [-0.15, -0.1) is 0 Å². The van der Waals surface area contributed by atoms with E-state index in [9.17, 15) is 19.2 Å². The average Bonchev–Trinajstić information content (AvgIpc) is 2.95. The smallest absolute Gasteiger partial charge is 0.328 e. The van der Waals surface area contributed by atoms with Crippen LogP contribution >= 0.6 is 0 Å². The van der Waals surface area contributed by atoms with E-state index in [2.05, 4.69) is 9.97 Å². The summed E-state index contributed by atoms with van der Waals surface area (Å²) >= 11 is 0. The molecule has 0 radical (unpaired) electrons. The van der Waals surface area contributed by atoms with E-state index in [1.54, 1.807) is 36.5 Å². The molecule has 1 aliphatic heterocycles. The van der Waals surface area contributed by atoms with Crippen LogP contribution in [0.1, 0.15) is 39.4 Å². The lowest BCUT2D eigenvalue weighted by atomic mass is 10.1. The van der Waals surface area contributed by atoms with Gasteiger partial charge in [-0.05, 0) is 31.0 Å². The first-order valence-corrected chi connectivity index (χ1v) is 8.96. The maximum Gasteiger partial charge on any atom is 0.328 e. The Bertz CT molecular complexity index is 938. The molecule has 2 aromatic rings. The third-order valence-electron chi connectivity index (χ3n) is 4.01. The van der Waals surface area contributed by atoms with Crippen LogP contribution < -0.4 is 5.73 Å². The number of rotatable bonds is 7. The van der Waals surface area contributed by atoms with Gasteiger partial charge in [-0.3, -0.25) is 14.5 Å². The van der Waals surface area contributed by atoms with Crippen LogP contribution in [-0.2, 0) is 16.0 Å². The Morgan fingerprint density at radius 1 is 0.967 bits per heavy atom. The highest BCUT2D eigenvalue weighted by Gasteiger charge is 2.34. The molecule has 2 heterocycles. The van der Waals surface area contributed by atoms with Crippen LogP contribution in [0.4, 0.5) is 5.82 Å². The predicted octanol–water partition coefficient (Wildman–Crippen LogP) is 1.39. The molecule has 0 bridgehead atoms. The van der Waals surface area contributed by atoms with Crippen molar-refractivity contribution in [3.63, 3.8) is 0 Å². The minimum absolute atomic E-state index is 0.208. The van der Waals surface area contributed by atoms with Crippen LogP contribution in [-0.4, -0.2) is 55.4 Å². The Hall–Kier alpha value is -4.08. The second-order valence-electron chi connectivity index (χ2n) is 6.17. The molecule has 10 nitrogen and oxygen atoms in total. The van der Waals surface area contributed by atoms with Crippen molar-refractivity contribution >= 4 is 29.6 Å². The Morgan fingerprint density at radius 3 is 2.03 bits per heavy atom. The number of carbonyl (C=O) groups is 4. The van der Waals surface area contributed by atoms with Crippen molar-refractivity contribution in [3.05, 3.63) is 65.6 Å². The van der Waals surface area contributed by atoms with E-state index in [1.165, 1.54) is 4.90 Å². The minimum Gasteiger partial charge on any atom is -0.478 e. The van der Waals surface area contributed by atoms with Gasteiger partial charge in [0.15, 0.2) is 0 Å². The lowest BCUT2D eigenvalue weighted by molar-refractivity contribution is -0.134. The van der Waals surface area contributed by atoms with Gasteiger partial charge in [0.25, 0.3) is 11.8 Å². The quantitative estimate of drug-likeness (QED) is 0.346. The maximum atomic E-state index is 12.2. The summed E-state index contributed by atoms with van der Waals surface area (Å²) in [6.45, 7) is 0.411. The van der Waals surface area contributed by atoms with Crippen molar-refractivity contribution in [3.8, 4) is 0 Å². The number of nitrogen functional groups attached to an aromatic ring is 1. The monoisotopic (exact) mass is 412 g/mol. The zero-order valence-corrected chi connectivity index (χ0v) is 15.9. The van der Waals surface area contributed by atoms with E-state index >= 15 is 0 Å². The minimum atomic E-state index is -1.26.